The third-order valence-electron chi connectivity index (χ3n) is 3.87. The Labute approximate surface area is 133 Å². The fourth-order valence-electron chi connectivity index (χ4n) is 2.66. The minimum atomic E-state index is -3.06. The first kappa shape index (κ1) is 17.2. The molecule has 124 valence electrons. The zero-order valence-corrected chi connectivity index (χ0v) is 14.2. The van der Waals surface area contributed by atoms with Crippen LogP contribution < -0.4 is 10.0 Å². The van der Waals surface area contributed by atoms with Crippen LogP contribution in [0.15, 0.2) is 18.3 Å². The molecular weight excluding hydrogens is 300 g/mol. The molecule has 2 heterocycles. The lowest BCUT2D eigenvalue weighted by Crippen LogP contribution is -2.29. The van der Waals surface area contributed by atoms with Gasteiger partial charge in [-0.3, -0.25) is 0 Å². The van der Waals surface area contributed by atoms with Crippen LogP contribution in [0.5, 0.6) is 0 Å². The van der Waals surface area contributed by atoms with E-state index in [1.807, 2.05) is 19.2 Å². The predicted molar refractivity (Wildman–Crippen MR) is 89.5 cm³/mol. The first-order valence-electron chi connectivity index (χ1n) is 7.76. The molecule has 22 heavy (non-hydrogen) atoms. The van der Waals surface area contributed by atoms with Gasteiger partial charge >= 0.3 is 0 Å². The highest BCUT2D eigenvalue weighted by Crippen LogP contribution is 2.17. The summed E-state index contributed by atoms with van der Waals surface area (Å²) in [6.07, 6.45) is 5.10. The molecule has 1 aromatic rings. The molecule has 0 radical (unpaired) electrons. The third kappa shape index (κ3) is 6.29. The zero-order chi connectivity index (χ0) is 16.0. The minimum Gasteiger partial charge on any atom is -0.370 e. The van der Waals surface area contributed by atoms with Crippen molar-refractivity contribution in [2.24, 2.45) is 5.92 Å². The van der Waals surface area contributed by atoms with Crippen molar-refractivity contribution in [2.75, 3.05) is 44.3 Å². The molecule has 1 atom stereocenters. The maximum Gasteiger partial charge on any atom is 0.208 e. The van der Waals surface area contributed by atoms with Gasteiger partial charge in [0.25, 0.3) is 0 Å². The summed E-state index contributed by atoms with van der Waals surface area (Å²) < 4.78 is 24.5. The van der Waals surface area contributed by atoms with Gasteiger partial charge in [-0.25, -0.2) is 18.1 Å². The van der Waals surface area contributed by atoms with E-state index in [0.29, 0.717) is 12.5 Å². The van der Waals surface area contributed by atoms with Gasteiger partial charge in [0.1, 0.15) is 5.82 Å². The molecule has 0 bridgehead atoms. The van der Waals surface area contributed by atoms with Crippen LogP contribution in [0.3, 0.4) is 0 Å². The Morgan fingerprint density at radius 1 is 1.41 bits per heavy atom. The molecule has 0 amide bonds. The Hall–Kier alpha value is -1.18. The second-order valence-corrected chi connectivity index (χ2v) is 7.91. The van der Waals surface area contributed by atoms with Crippen LogP contribution >= 0.6 is 0 Å². The maximum atomic E-state index is 11.0. The molecule has 7 heteroatoms. The molecule has 0 aromatic carbocycles. The molecular formula is C15H26N4O2S. The van der Waals surface area contributed by atoms with Gasteiger partial charge in [0, 0.05) is 25.8 Å². The molecule has 1 saturated heterocycles. The molecule has 2 N–H and O–H groups in total. The fraction of sp³-hybridized carbons (Fsp3) is 0.667. The molecule has 6 nitrogen and oxygen atoms in total. The number of pyridine rings is 1. The molecule has 1 fully saturated rings. The first-order chi connectivity index (χ1) is 10.4. The van der Waals surface area contributed by atoms with Crippen LogP contribution in [0, 0.1) is 12.8 Å². The summed E-state index contributed by atoms with van der Waals surface area (Å²) in [5, 5.41) is 3.39. The van der Waals surface area contributed by atoms with Crippen LogP contribution in [0.1, 0.15) is 18.4 Å². The van der Waals surface area contributed by atoms with Crippen molar-refractivity contribution in [3.63, 3.8) is 0 Å². The topological polar surface area (TPSA) is 74.3 Å². The third-order valence-corrected chi connectivity index (χ3v) is 4.60. The fourth-order valence-corrected chi connectivity index (χ4v) is 3.18. The van der Waals surface area contributed by atoms with Gasteiger partial charge in [-0.05, 0) is 50.4 Å². The van der Waals surface area contributed by atoms with Gasteiger partial charge in [0.05, 0.1) is 6.26 Å². The van der Waals surface area contributed by atoms with E-state index in [4.69, 9.17) is 0 Å². The summed E-state index contributed by atoms with van der Waals surface area (Å²) in [6.45, 7) is 6.59. The number of anilines is 1. The Bertz CT molecular complexity index is 559. The number of sulfonamides is 1. The summed E-state index contributed by atoms with van der Waals surface area (Å²) in [7, 11) is -3.06. The summed E-state index contributed by atoms with van der Waals surface area (Å²) >= 11 is 0. The zero-order valence-electron chi connectivity index (χ0n) is 13.4. The van der Waals surface area contributed by atoms with Gasteiger partial charge in [-0.2, -0.15) is 0 Å². The molecule has 0 aliphatic carbocycles. The van der Waals surface area contributed by atoms with Gasteiger partial charge in [0.2, 0.25) is 10.0 Å². The van der Waals surface area contributed by atoms with Crippen molar-refractivity contribution < 1.29 is 8.42 Å². The van der Waals surface area contributed by atoms with E-state index in [1.54, 1.807) is 0 Å². The maximum absolute atomic E-state index is 11.0. The van der Waals surface area contributed by atoms with Crippen molar-refractivity contribution >= 4 is 15.8 Å². The first-order valence-corrected chi connectivity index (χ1v) is 9.65. The van der Waals surface area contributed by atoms with Crippen molar-refractivity contribution in [3.05, 3.63) is 23.9 Å². The van der Waals surface area contributed by atoms with Gasteiger partial charge < -0.3 is 10.2 Å². The quantitative estimate of drug-likeness (QED) is 0.699. The van der Waals surface area contributed by atoms with Crippen molar-refractivity contribution in [3.8, 4) is 0 Å². The lowest BCUT2D eigenvalue weighted by Gasteiger charge is -2.16. The number of nitrogens with one attached hydrogen (secondary N) is 2. The number of aryl methyl sites for hydroxylation is 1. The number of likely N-dealkylation sites (tertiary alicyclic amines) is 1. The summed E-state index contributed by atoms with van der Waals surface area (Å²) in [6, 6.07) is 4.07. The molecule has 1 aliphatic heterocycles. The molecule has 0 saturated carbocycles. The summed E-state index contributed by atoms with van der Waals surface area (Å²) in [4.78, 5) is 6.75. The second-order valence-electron chi connectivity index (χ2n) is 6.08. The second kappa shape index (κ2) is 7.89. The Balaban J connectivity index is 1.62. The average molecular weight is 326 g/mol. The Kier molecular flexibility index (Phi) is 6.16. The van der Waals surface area contributed by atoms with Crippen molar-refractivity contribution in [2.45, 2.75) is 19.8 Å². The number of aromatic nitrogens is 1. The lowest BCUT2D eigenvalue weighted by atomic mass is 10.1. The highest BCUT2D eigenvalue weighted by molar-refractivity contribution is 7.88. The number of rotatable bonds is 8. The van der Waals surface area contributed by atoms with Crippen LogP contribution in [0.4, 0.5) is 5.82 Å². The largest absolute Gasteiger partial charge is 0.370 e. The number of hydrogen-bond donors (Lipinski definition) is 2. The van der Waals surface area contributed by atoms with E-state index in [-0.39, 0.29) is 0 Å². The monoisotopic (exact) mass is 326 g/mol. The summed E-state index contributed by atoms with van der Waals surface area (Å²) in [5.41, 5.74) is 1.17. The van der Waals surface area contributed by atoms with Crippen LogP contribution in [-0.4, -0.2) is 57.3 Å². The molecule has 2 rings (SSSR count). The van der Waals surface area contributed by atoms with Crippen molar-refractivity contribution in [1.82, 2.24) is 14.6 Å². The number of hydrogen-bond acceptors (Lipinski definition) is 5. The van der Waals surface area contributed by atoms with E-state index in [9.17, 15) is 8.42 Å². The predicted octanol–water partition coefficient (Wildman–Crippen LogP) is 1.06. The smallest absolute Gasteiger partial charge is 0.208 e. The van der Waals surface area contributed by atoms with Gasteiger partial charge in [-0.15, -0.1) is 0 Å². The van der Waals surface area contributed by atoms with Gasteiger partial charge in [-0.1, -0.05) is 6.07 Å². The van der Waals surface area contributed by atoms with E-state index < -0.39 is 10.0 Å². The standard InChI is InChI=1S/C15H26N4O2S/c1-13-4-5-15(16-10-13)17-11-14-6-9-19(12-14)8-3-7-18-22(2,20)21/h4-5,10,14,18H,3,6-9,11-12H2,1-2H3,(H,16,17). The lowest BCUT2D eigenvalue weighted by molar-refractivity contribution is 0.322. The van der Waals surface area contributed by atoms with Gasteiger partial charge in [0.15, 0.2) is 0 Å². The van der Waals surface area contributed by atoms with Crippen LogP contribution in [0.25, 0.3) is 0 Å². The van der Waals surface area contributed by atoms with E-state index in [1.165, 1.54) is 18.2 Å². The molecule has 1 aliphatic rings. The summed E-state index contributed by atoms with van der Waals surface area (Å²) in [5.74, 6) is 1.56. The minimum absolute atomic E-state index is 0.519. The normalized spacial score (nSPS) is 19.5. The van der Waals surface area contributed by atoms with E-state index in [2.05, 4.69) is 26.0 Å². The van der Waals surface area contributed by atoms with E-state index in [0.717, 1.165) is 38.4 Å². The molecule has 0 spiro atoms. The van der Waals surface area contributed by atoms with Crippen LogP contribution in [-0.2, 0) is 10.0 Å². The molecule has 1 unspecified atom stereocenters. The highest BCUT2D eigenvalue weighted by atomic mass is 32.2. The Morgan fingerprint density at radius 3 is 2.91 bits per heavy atom. The van der Waals surface area contributed by atoms with Crippen LogP contribution in [0.2, 0.25) is 0 Å². The SMILES string of the molecule is Cc1ccc(NCC2CCN(CCCNS(C)(=O)=O)C2)nc1. The number of nitrogens with zero attached hydrogens (tertiary/aromatic N) is 2. The molecule has 1 aromatic heterocycles. The highest BCUT2D eigenvalue weighted by Gasteiger charge is 2.21. The Morgan fingerprint density at radius 2 is 2.23 bits per heavy atom. The van der Waals surface area contributed by atoms with E-state index >= 15 is 0 Å². The van der Waals surface area contributed by atoms with Crippen molar-refractivity contribution in [1.29, 1.82) is 0 Å². The average Bonchev–Trinajstić information content (AvgIpc) is 2.90.